The topological polar surface area (TPSA) is 132 Å². The molecule has 0 fully saturated rings. The van der Waals surface area contributed by atoms with Gasteiger partial charge in [-0.1, -0.05) is 13.3 Å². The van der Waals surface area contributed by atoms with E-state index in [0.29, 0.717) is 6.61 Å². The van der Waals surface area contributed by atoms with E-state index in [1.807, 2.05) is 0 Å². The second-order valence-electron chi connectivity index (χ2n) is 2.63. The van der Waals surface area contributed by atoms with Gasteiger partial charge in [-0.25, -0.2) is 0 Å². The first kappa shape index (κ1) is 30.3. The first-order valence-corrected chi connectivity index (χ1v) is 4.81. The normalized spacial score (nSPS) is 6.50. The molecule has 0 rings (SSSR count). The summed E-state index contributed by atoms with van der Waals surface area (Å²) in [5.41, 5.74) is 0. The number of hydrogen-bond acceptors (Lipinski definition) is 4. The van der Waals surface area contributed by atoms with Crippen LogP contribution in [0.3, 0.4) is 0 Å². The van der Waals surface area contributed by atoms with Crippen molar-refractivity contribution in [3.8, 4) is 0 Å². The van der Waals surface area contributed by atoms with Crippen LogP contribution in [-0.2, 0) is 36.1 Å². The number of carboxylic acid groups (broad SMARTS) is 3. The number of aliphatic carboxylic acids is 3. The standard InChI is InChI=1S/C4H10O.3C2H4O2.Ti/c1-2-3-4-5;3*1-2(3)4;/h5H,2-4H2,1H3;3*1H3,(H,3,4);. The Morgan fingerprint density at radius 2 is 1.00 bits per heavy atom. The van der Waals surface area contributed by atoms with E-state index in [9.17, 15) is 0 Å². The summed E-state index contributed by atoms with van der Waals surface area (Å²) >= 11 is 0. The molecule has 0 saturated carbocycles. The predicted octanol–water partition coefficient (Wildman–Crippen LogP) is 1.05. The molecule has 0 aliphatic heterocycles. The van der Waals surface area contributed by atoms with Crippen LogP contribution in [0.25, 0.3) is 0 Å². The zero-order valence-electron chi connectivity index (χ0n) is 11.1. The molecule has 0 aliphatic rings. The number of carbonyl (C=O) groups is 3. The van der Waals surface area contributed by atoms with Crippen molar-refractivity contribution in [2.24, 2.45) is 0 Å². The summed E-state index contributed by atoms with van der Waals surface area (Å²) < 4.78 is 0. The Kier molecular flexibility index (Phi) is 50.1. The molecule has 0 aromatic heterocycles. The fraction of sp³-hybridized carbons (Fsp3) is 0.700. The van der Waals surface area contributed by atoms with Crippen molar-refractivity contribution < 1.29 is 56.5 Å². The minimum Gasteiger partial charge on any atom is -0.481 e. The van der Waals surface area contributed by atoms with Crippen molar-refractivity contribution in [3.05, 3.63) is 0 Å². The monoisotopic (exact) mass is 302 g/mol. The summed E-state index contributed by atoms with van der Waals surface area (Å²) in [5.74, 6) is -2.50. The minimum atomic E-state index is -0.833. The van der Waals surface area contributed by atoms with Crippen LogP contribution in [0.5, 0.6) is 0 Å². The fourth-order valence-electron chi connectivity index (χ4n) is 0.158. The van der Waals surface area contributed by atoms with Crippen molar-refractivity contribution in [2.45, 2.75) is 40.5 Å². The molecule has 108 valence electrons. The molecule has 7 nitrogen and oxygen atoms in total. The van der Waals surface area contributed by atoms with E-state index >= 15 is 0 Å². The molecule has 0 aromatic carbocycles. The molecule has 0 bridgehead atoms. The van der Waals surface area contributed by atoms with Gasteiger partial charge in [0, 0.05) is 49.1 Å². The van der Waals surface area contributed by atoms with Crippen LogP contribution in [0.15, 0.2) is 0 Å². The quantitative estimate of drug-likeness (QED) is 0.560. The fourth-order valence-corrected chi connectivity index (χ4v) is 0.158. The molecule has 0 unspecified atom stereocenters. The summed E-state index contributed by atoms with van der Waals surface area (Å²) in [6.45, 7) is 5.65. The van der Waals surface area contributed by atoms with Crippen molar-refractivity contribution >= 4 is 17.9 Å². The maximum Gasteiger partial charge on any atom is 0.300 e. The van der Waals surface area contributed by atoms with Gasteiger partial charge >= 0.3 is 0 Å². The van der Waals surface area contributed by atoms with E-state index < -0.39 is 17.9 Å². The zero-order valence-corrected chi connectivity index (χ0v) is 12.7. The van der Waals surface area contributed by atoms with Crippen LogP contribution >= 0.6 is 0 Å². The van der Waals surface area contributed by atoms with Gasteiger partial charge in [0.1, 0.15) is 0 Å². The van der Waals surface area contributed by atoms with Crippen LogP contribution in [0, 0.1) is 0 Å². The van der Waals surface area contributed by atoms with Crippen molar-refractivity contribution in [3.63, 3.8) is 0 Å². The SMILES string of the molecule is CC(=O)O.CC(=O)O.CC(=O)O.CCCCO.[Ti]. The van der Waals surface area contributed by atoms with Gasteiger partial charge in [0.05, 0.1) is 0 Å². The molecular formula is C10H22O7Ti. The molecule has 0 amide bonds. The van der Waals surface area contributed by atoms with Gasteiger partial charge in [-0.2, -0.15) is 0 Å². The first-order chi connectivity index (χ1) is 7.61. The minimum absolute atomic E-state index is 0. The first-order valence-electron chi connectivity index (χ1n) is 4.81. The van der Waals surface area contributed by atoms with Gasteiger partial charge in [0.15, 0.2) is 0 Å². The molecule has 0 atom stereocenters. The Hall–Kier alpha value is -0.916. The van der Waals surface area contributed by atoms with Crippen LogP contribution in [-0.4, -0.2) is 44.9 Å². The van der Waals surface area contributed by atoms with Crippen molar-refractivity contribution in [2.75, 3.05) is 6.61 Å². The summed E-state index contributed by atoms with van der Waals surface area (Å²) in [6.07, 6.45) is 2.04. The number of aliphatic hydroxyl groups is 1. The van der Waals surface area contributed by atoms with Crippen molar-refractivity contribution in [1.29, 1.82) is 0 Å². The number of aliphatic hydroxyl groups excluding tert-OH is 1. The summed E-state index contributed by atoms with van der Waals surface area (Å²) in [6, 6.07) is 0. The average molecular weight is 302 g/mol. The zero-order chi connectivity index (χ0) is 14.9. The van der Waals surface area contributed by atoms with E-state index in [0.717, 1.165) is 33.6 Å². The number of hydrogen-bond donors (Lipinski definition) is 4. The molecule has 0 aliphatic carbocycles. The largest absolute Gasteiger partial charge is 0.481 e. The number of unbranched alkanes of at least 4 members (excludes halogenated alkanes) is 1. The Labute approximate surface area is 122 Å². The Bertz CT molecular complexity index is 152. The Morgan fingerprint density at radius 3 is 1.00 bits per heavy atom. The summed E-state index contributed by atoms with van der Waals surface area (Å²) in [4.78, 5) is 27.0. The summed E-state index contributed by atoms with van der Waals surface area (Å²) in [5, 5.41) is 30.3. The van der Waals surface area contributed by atoms with E-state index in [-0.39, 0.29) is 21.7 Å². The van der Waals surface area contributed by atoms with E-state index in [1.165, 1.54) is 0 Å². The van der Waals surface area contributed by atoms with Gasteiger partial charge in [0.2, 0.25) is 0 Å². The molecule has 0 heterocycles. The average Bonchev–Trinajstić information content (AvgIpc) is 2.01. The molecule has 0 aromatic rings. The summed E-state index contributed by atoms with van der Waals surface area (Å²) in [7, 11) is 0. The van der Waals surface area contributed by atoms with E-state index in [2.05, 4.69) is 6.92 Å². The third kappa shape index (κ3) is 2550. The van der Waals surface area contributed by atoms with Gasteiger partial charge in [0.25, 0.3) is 17.9 Å². The second-order valence-corrected chi connectivity index (χ2v) is 2.63. The number of carboxylic acids is 3. The molecule has 0 spiro atoms. The van der Waals surface area contributed by atoms with E-state index in [1.54, 1.807) is 0 Å². The van der Waals surface area contributed by atoms with Crippen LogP contribution in [0.4, 0.5) is 0 Å². The third-order valence-electron chi connectivity index (χ3n) is 0.512. The van der Waals surface area contributed by atoms with Gasteiger partial charge in [-0.15, -0.1) is 0 Å². The molecule has 8 heteroatoms. The molecule has 4 N–H and O–H groups in total. The van der Waals surface area contributed by atoms with Crippen LogP contribution in [0.1, 0.15) is 40.5 Å². The van der Waals surface area contributed by atoms with Crippen molar-refractivity contribution in [1.82, 2.24) is 0 Å². The van der Waals surface area contributed by atoms with Gasteiger partial charge in [-0.05, 0) is 6.42 Å². The number of rotatable bonds is 2. The Morgan fingerprint density at radius 1 is 0.833 bits per heavy atom. The molecular weight excluding hydrogens is 280 g/mol. The van der Waals surface area contributed by atoms with Gasteiger partial charge < -0.3 is 20.4 Å². The second kappa shape index (κ2) is 29.8. The predicted molar refractivity (Wildman–Crippen MR) is 61.9 cm³/mol. The van der Waals surface area contributed by atoms with Gasteiger partial charge in [-0.3, -0.25) is 14.4 Å². The molecule has 0 saturated heterocycles. The Balaban J connectivity index is -0.0000000412. The van der Waals surface area contributed by atoms with Crippen LogP contribution < -0.4 is 0 Å². The third-order valence-corrected chi connectivity index (χ3v) is 0.512. The smallest absolute Gasteiger partial charge is 0.300 e. The molecule has 0 radical (unpaired) electrons. The maximum absolute atomic E-state index is 9.00. The van der Waals surface area contributed by atoms with Crippen LogP contribution in [0.2, 0.25) is 0 Å². The van der Waals surface area contributed by atoms with E-state index in [4.69, 9.17) is 34.8 Å². The molecule has 18 heavy (non-hydrogen) atoms. The maximum atomic E-state index is 9.00.